The summed E-state index contributed by atoms with van der Waals surface area (Å²) < 4.78 is 7.34. The Bertz CT molecular complexity index is 611. The van der Waals surface area contributed by atoms with Crippen LogP contribution in [-0.4, -0.2) is 33.5 Å². The average Bonchev–Trinajstić information content (AvgIpc) is 2.84. The third-order valence-corrected chi connectivity index (χ3v) is 3.23. The van der Waals surface area contributed by atoms with Gasteiger partial charge in [0.1, 0.15) is 10.6 Å². The number of methoxy groups -OCH3 is 1. The molecule has 0 aromatic carbocycles. The van der Waals surface area contributed by atoms with Crippen LogP contribution in [-0.2, 0) is 9.53 Å². The number of aromatic nitrogens is 3. The minimum absolute atomic E-state index is 0.301. The quantitative estimate of drug-likeness (QED) is 0.847. The van der Waals surface area contributed by atoms with E-state index in [1.54, 1.807) is 6.20 Å². The maximum absolute atomic E-state index is 11.9. The lowest BCUT2D eigenvalue weighted by Crippen LogP contribution is -2.32. The van der Waals surface area contributed by atoms with Gasteiger partial charge in [-0.15, -0.1) is 0 Å². The number of carbonyl (C=O) groups excluding carboxylic acids is 1. The lowest BCUT2D eigenvalue weighted by atomic mass is 10.0. The summed E-state index contributed by atoms with van der Waals surface area (Å²) in [5, 5.41) is 3.13. The summed E-state index contributed by atoms with van der Waals surface area (Å²) in [5.41, 5.74) is 0.672. The van der Waals surface area contributed by atoms with Gasteiger partial charge < -0.3 is 14.5 Å². The maximum Gasteiger partial charge on any atom is 0.328 e. The Hall–Kier alpha value is -1.63. The normalized spacial score (nSPS) is 12.7. The number of esters is 1. The molecule has 2 aromatic heterocycles. The lowest BCUT2D eigenvalue weighted by Gasteiger charge is -2.19. The number of hydrogen-bond acceptors (Lipinski definition) is 5. The summed E-state index contributed by atoms with van der Waals surface area (Å²) >= 11 is 3.35. The third kappa shape index (κ3) is 3.27. The van der Waals surface area contributed by atoms with Crippen molar-refractivity contribution in [1.82, 2.24) is 14.4 Å². The van der Waals surface area contributed by atoms with Crippen molar-refractivity contribution >= 4 is 33.4 Å². The second-order valence-corrected chi connectivity index (χ2v) is 5.73. The minimum Gasteiger partial charge on any atom is -0.467 e. The highest BCUT2D eigenvalue weighted by atomic mass is 79.9. The van der Waals surface area contributed by atoms with Gasteiger partial charge in [-0.2, -0.15) is 0 Å². The second kappa shape index (κ2) is 6.21. The minimum atomic E-state index is -0.442. The van der Waals surface area contributed by atoms with Crippen LogP contribution in [0.25, 0.3) is 5.65 Å². The summed E-state index contributed by atoms with van der Waals surface area (Å²) in [4.78, 5) is 20.5. The Morgan fingerprint density at radius 3 is 2.95 bits per heavy atom. The Morgan fingerprint density at radius 1 is 1.55 bits per heavy atom. The van der Waals surface area contributed by atoms with Gasteiger partial charge in [0, 0.05) is 18.6 Å². The number of anilines is 1. The highest BCUT2D eigenvalue weighted by Crippen LogP contribution is 2.19. The number of rotatable bonds is 5. The first-order valence-corrected chi connectivity index (χ1v) is 7.14. The molecule has 0 aliphatic rings. The number of hydrogen-bond donors (Lipinski definition) is 1. The van der Waals surface area contributed by atoms with Gasteiger partial charge >= 0.3 is 5.97 Å². The van der Waals surface area contributed by atoms with Crippen molar-refractivity contribution in [2.75, 3.05) is 12.4 Å². The third-order valence-electron chi connectivity index (χ3n) is 2.85. The number of nitrogens with zero attached hydrogens (tertiary/aromatic N) is 3. The molecule has 0 spiro atoms. The molecule has 0 radical (unpaired) electrons. The van der Waals surface area contributed by atoms with E-state index in [4.69, 9.17) is 4.74 Å². The molecule has 6 nitrogen and oxygen atoms in total. The molecule has 1 N–H and O–H groups in total. The molecule has 0 aliphatic carbocycles. The van der Waals surface area contributed by atoms with Crippen molar-refractivity contribution in [2.24, 2.45) is 5.92 Å². The SMILES string of the molecule is COC(=O)C(CC(C)C)Nc1nc(Br)cn2ccnc12. The van der Waals surface area contributed by atoms with Crippen LogP contribution in [0.15, 0.2) is 23.2 Å². The largest absolute Gasteiger partial charge is 0.467 e. The molecule has 1 unspecified atom stereocenters. The summed E-state index contributed by atoms with van der Waals surface area (Å²) in [6.45, 7) is 4.11. The van der Waals surface area contributed by atoms with E-state index in [0.717, 1.165) is 0 Å². The van der Waals surface area contributed by atoms with Gasteiger partial charge in [-0.3, -0.25) is 0 Å². The lowest BCUT2D eigenvalue weighted by molar-refractivity contribution is -0.141. The first kappa shape index (κ1) is 14.8. The monoisotopic (exact) mass is 340 g/mol. The molecule has 0 saturated carbocycles. The van der Waals surface area contributed by atoms with Crippen molar-refractivity contribution in [3.8, 4) is 0 Å². The first-order valence-electron chi connectivity index (χ1n) is 6.35. The van der Waals surface area contributed by atoms with Gasteiger partial charge in [0.05, 0.1) is 7.11 Å². The van der Waals surface area contributed by atoms with Gasteiger partial charge in [-0.1, -0.05) is 13.8 Å². The molecule has 108 valence electrons. The molecule has 2 aromatic rings. The van der Waals surface area contributed by atoms with Crippen LogP contribution < -0.4 is 5.32 Å². The summed E-state index contributed by atoms with van der Waals surface area (Å²) in [6.07, 6.45) is 5.98. The van der Waals surface area contributed by atoms with E-state index in [-0.39, 0.29) is 5.97 Å². The van der Waals surface area contributed by atoms with Gasteiger partial charge in [-0.25, -0.2) is 14.8 Å². The topological polar surface area (TPSA) is 68.5 Å². The van der Waals surface area contributed by atoms with Crippen LogP contribution in [0.5, 0.6) is 0 Å². The average molecular weight is 341 g/mol. The fourth-order valence-electron chi connectivity index (χ4n) is 1.99. The highest BCUT2D eigenvalue weighted by Gasteiger charge is 2.22. The summed E-state index contributed by atoms with van der Waals surface area (Å²) in [5.74, 6) is 0.611. The standard InChI is InChI=1S/C13H17BrN4O2/c1-8(2)6-9(13(19)20-3)16-11-12-15-4-5-18(12)7-10(14)17-11/h4-5,7-9H,6H2,1-3H3,(H,16,17). The van der Waals surface area contributed by atoms with Crippen LogP contribution in [0, 0.1) is 5.92 Å². The van der Waals surface area contributed by atoms with E-state index in [1.165, 1.54) is 7.11 Å². The number of carbonyl (C=O) groups is 1. The number of fused-ring (bicyclic) bond motifs is 1. The molecule has 0 bridgehead atoms. The van der Waals surface area contributed by atoms with Gasteiger partial charge in [0.15, 0.2) is 11.5 Å². The fourth-order valence-corrected chi connectivity index (χ4v) is 2.39. The molecule has 20 heavy (non-hydrogen) atoms. The van der Waals surface area contributed by atoms with Gasteiger partial charge in [0.2, 0.25) is 0 Å². The zero-order valence-corrected chi connectivity index (χ0v) is 13.2. The molecular weight excluding hydrogens is 324 g/mol. The maximum atomic E-state index is 11.9. The Balaban J connectivity index is 2.32. The molecular formula is C13H17BrN4O2. The van der Waals surface area contributed by atoms with Crippen molar-refractivity contribution in [3.63, 3.8) is 0 Å². The van der Waals surface area contributed by atoms with Gasteiger partial charge in [0.25, 0.3) is 0 Å². The van der Waals surface area contributed by atoms with Gasteiger partial charge in [-0.05, 0) is 28.3 Å². The van der Waals surface area contributed by atoms with E-state index in [0.29, 0.717) is 28.4 Å². The van der Waals surface area contributed by atoms with Crippen molar-refractivity contribution < 1.29 is 9.53 Å². The summed E-state index contributed by atoms with van der Waals surface area (Å²) in [6, 6.07) is -0.442. The molecule has 2 rings (SSSR count). The number of ether oxygens (including phenoxy) is 1. The predicted octanol–water partition coefficient (Wildman–Crippen LogP) is 2.49. The highest BCUT2D eigenvalue weighted by molar-refractivity contribution is 9.10. The Morgan fingerprint density at radius 2 is 2.30 bits per heavy atom. The molecule has 2 heterocycles. The molecule has 0 amide bonds. The number of nitrogens with one attached hydrogen (secondary N) is 1. The van der Waals surface area contributed by atoms with E-state index in [1.807, 2.05) is 16.8 Å². The van der Waals surface area contributed by atoms with E-state index in [9.17, 15) is 4.79 Å². The van der Waals surface area contributed by atoms with Crippen LogP contribution in [0.3, 0.4) is 0 Å². The second-order valence-electron chi connectivity index (χ2n) is 4.92. The van der Waals surface area contributed by atoms with Crippen LogP contribution >= 0.6 is 15.9 Å². The Kier molecular flexibility index (Phi) is 4.59. The van der Waals surface area contributed by atoms with Crippen molar-refractivity contribution in [2.45, 2.75) is 26.3 Å². The van der Waals surface area contributed by atoms with Crippen LogP contribution in [0.4, 0.5) is 5.82 Å². The number of imidazole rings is 1. The van der Waals surface area contributed by atoms with Crippen LogP contribution in [0.2, 0.25) is 0 Å². The zero-order chi connectivity index (χ0) is 14.7. The molecule has 7 heteroatoms. The predicted molar refractivity (Wildman–Crippen MR) is 79.6 cm³/mol. The molecule has 0 saturated heterocycles. The molecule has 1 atom stereocenters. The first-order chi connectivity index (χ1) is 9.51. The molecule has 0 fully saturated rings. The fraction of sp³-hybridized carbons (Fsp3) is 0.462. The van der Waals surface area contributed by atoms with Crippen molar-refractivity contribution in [3.05, 3.63) is 23.2 Å². The molecule has 0 aliphatic heterocycles. The number of halogens is 1. The smallest absolute Gasteiger partial charge is 0.328 e. The zero-order valence-electron chi connectivity index (χ0n) is 11.6. The van der Waals surface area contributed by atoms with E-state index in [2.05, 4.69) is 45.1 Å². The summed E-state index contributed by atoms with van der Waals surface area (Å²) in [7, 11) is 1.39. The van der Waals surface area contributed by atoms with E-state index < -0.39 is 6.04 Å². The van der Waals surface area contributed by atoms with Crippen molar-refractivity contribution in [1.29, 1.82) is 0 Å². The van der Waals surface area contributed by atoms with Crippen LogP contribution in [0.1, 0.15) is 20.3 Å². The van der Waals surface area contributed by atoms with E-state index >= 15 is 0 Å². The Labute approximate surface area is 125 Å².